The highest BCUT2D eigenvalue weighted by molar-refractivity contribution is 6.33. The highest BCUT2D eigenvalue weighted by Crippen LogP contribution is 2.42. The number of nitrogens with one attached hydrogen (secondary N) is 1. The minimum atomic E-state index is -0.494. The van der Waals surface area contributed by atoms with Crippen molar-refractivity contribution >= 4 is 23.2 Å². The highest BCUT2D eigenvalue weighted by Gasteiger charge is 2.28. The fraction of sp³-hybridized carbons (Fsp3) is 0.429. The number of halogens is 1. The lowest BCUT2D eigenvalue weighted by atomic mass is 9.93. The highest BCUT2D eigenvalue weighted by atomic mass is 35.5. The number of anilines is 1. The van der Waals surface area contributed by atoms with Gasteiger partial charge in [-0.3, -0.25) is 9.78 Å². The Morgan fingerprint density at radius 3 is 2.93 bits per heavy atom. The molecule has 2 aromatic rings. The quantitative estimate of drug-likeness (QED) is 0.847. The van der Waals surface area contributed by atoms with Gasteiger partial charge in [0, 0.05) is 31.4 Å². The van der Waals surface area contributed by atoms with Crippen molar-refractivity contribution in [2.24, 2.45) is 0 Å². The molecule has 1 aliphatic heterocycles. The standard InChI is InChI=1S/C21H24ClN3O2/c1-3-19(26)24-18-6-5-14-15(10-23-11-16(14)18)13-8-12-4-7-20(27)25(2)21(12)17(22)9-13/h8-11,18,20,27H,3-7H2,1-2H3,(H,24,26). The first-order valence-corrected chi connectivity index (χ1v) is 9.87. The third-order valence-electron chi connectivity index (χ3n) is 5.73. The van der Waals surface area contributed by atoms with Crippen LogP contribution < -0.4 is 10.2 Å². The average Bonchev–Trinajstić information content (AvgIpc) is 3.07. The van der Waals surface area contributed by atoms with Crippen molar-refractivity contribution in [3.8, 4) is 11.1 Å². The van der Waals surface area contributed by atoms with Gasteiger partial charge in [-0.2, -0.15) is 0 Å². The topological polar surface area (TPSA) is 65.5 Å². The van der Waals surface area contributed by atoms with Crippen molar-refractivity contribution in [1.82, 2.24) is 10.3 Å². The Hall–Kier alpha value is -2.11. The van der Waals surface area contributed by atoms with E-state index in [2.05, 4.69) is 16.4 Å². The molecule has 0 saturated heterocycles. The van der Waals surface area contributed by atoms with E-state index >= 15 is 0 Å². The lowest BCUT2D eigenvalue weighted by Crippen LogP contribution is -2.36. The summed E-state index contributed by atoms with van der Waals surface area (Å²) in [5, 5.41) is 13.9. The van der Waals surface area contributed by atoms with E-state index < -0.39 is 6.23 Å². The number of nitrogens with zero attached hydrogens (tertiary/aromatic N) is 2. The first-order chi connectivity index (χ1) is 13.0. The second-order valence-corrected chi connectivity index (χ2v) is 7.77. The van der Waals surface area contributed by atoms with Crippen molar-refractivity contribution in [3.05, 3.63) is 46.2 Å². The van der Waals surface area contributed by atoms with Crippen LogP contribution in [0.5, 0.6) is 0 Å². The van der Waals surface area contributed by atoms with Gasteiger partial charge >= 0.3 is 0 Å². The summed E-state index contributed by atoms with van der Waals surface area (Å²) in [5.41, 5.74) is 6.54. The smallest absolute Gasteiger partial charge is 0.220 e. The predicted molar refractivity (Wildman–Crippen MR) is 107 cm³/mol. The fourth-order valence-electron chi connectivity index (χ4n) is 4.25. The SMILES string of the molecule is CCC(=O)NC1CCc2c(-c3cc(Cl)c4c(c3)CCC(O)N4C)cncc21. The predicted octanol–water partition coefficient (Wildman–Crippen LogP) is 3.62. The van der Waals surface area contributed by atoms with Crippen LogP contribution in [0.2, 0.25) is 5.02 Å². The van der Waals surface area contributed by atoms with Crippen LogP contribution in [0.15, 0.2) is 24.5 Å². The number of aromatic nitrogens is 1. The fourth-order valence-corrected chi connectivity index (χ4v) is 4.62. The van der Waals surface area contributed by atoms with Crippen LogP contribution in [0, 0.1) is 0 Å². The van der Waals surface area contributed by atoms with Gasteiger partial charge in [-0.15, -0.1) is 0 Å². The number of aliphatic hydroxyl groups is 1. The molecule has 1 aromatic heterocycles. The Balaban J connectivity index is 1.74. The number of carbonyl (C=O) groups is 1. The van der Waals surface area contributed by atoms with Gasteiger partial charge in [0.15, 0.2) is 0 Å². The molecule has 1 amide bonds. The Labute approximate surface area is 164 Å². The number of hydrogen-bond donors (Lipinski definition) is 2. The molecule has 1 aromatic carbocycles. The normalized spacial score (nSPS) is 21.0. The molecule has 0 bridgehead atoms. The Morgan fingerprint density at radius 1 is 1.33 bits per heavy atom. The second-order valence-electron chi connectivity index (χ2n) is 7.36. The zero-order valence-electron chi connectivity index (χ0n) is 15.6. The molecule has 2 atom stereocenters. The van der Waals surface area contributed by atoms with Gasteiger partial charge in [0.2, 0.25) is 5.91 Å². The summed E-state index contributed by atoms with van der Waals surface area (Å²) < 4.78 is 0. The summed E-state index contributed by atoms with van der Waals surface area (Å²) in [6.45, 7) is 1.86. The summed E-state index contributed by atoms with van der Waals surface area (Å²) >= 11 is 6.59. The molecule has 0 fully saturated rings. The van der Waals surface area contributed by atoms with E-state index in [4.69, 9.17) is 11.6 Å². The number of aliphatic hydroxyl groups excluding tert-OH is 1. The van der Waals surface area contributed by atoms with E-state index in [1.54, 1.807) is 0 Å². The molecule has 6 heteroatoms. The van der Waals surface area contributed by atoms with E-state index in [0.29, 0.717) is 17.9 Å². The molecule has 142 valence electrons. The van der Waals surface area contributed by atoms with Crippen LogP contribution >= 0.6 is 11.6 Å². The van der Waals surface area contributed by atoms with Crippen molar-refractivity contribution in [3.63, 3.8) is 0 Å². The molecule has 27 heavy (non-hydrogen) atoms. The van der Waals surface area contributed by atoms with Gasteiger partial charge < -0.3 is 15.3 Å². The molecule has 0 radical (unpaired) electrons. The Kier molecular flexibility index (Phi) is 4.82. The summed E-state index contributed by atoms with van der Waals surface area (Å²) in [4.78, 5) is 18.1. The summed E-state index contributed by atoms with van der Waals surface area (Å²) in [7, 11) is 1.87. The molecule has 4 rings (SSSR count). The van der Waals surface area contributed by atoms with Crippen molar-refractivity contribution < 1.29 is 9.90 Å². The number of fused-ring (bicyclic) bond motifs is 2. The minimum Gasteiger partial charge on any atom is -0.374 e. The Morgan fingerprint density at radius 2 is 2.15 bits per heavy atom. The second kappa shape index (κ2) is 7.13. The van der Waals surface area contributed by atoms with Crippen molar-refractivity contribution in [2.45, 2.75) is 51.3 Å². The van der Waals surface area contributed by atoms with Gasteiger partial charge in [-0.25, -0.2) is 0 Å². The molecule has 5 nitrogen and oxygen atoms in total. The number of amides is 1. The van der Waals surface area contributed by atoms with Crippen LogP contribution in [-0.4, -0.2) is 29.3 Å². The molecule has 2 aliphatic rings. The molecule has 2 heterocycles. The van der Waals surface area contributed by atoms with E-state index in [9.17, 15) is 9.90 Å². The lowest BCUT2D eigenvalue weighted by Gasteiger charge is -2.33. The molecule has 0 spiro atoms. The summed E-state index contributed by atoms with van der Waals surface area (Å²) in [6.07, 6.45) is 7.05. The first kappa shape index (κ1) is 18.3. The number of hydrogen-bond acceptors (Lipinski definition) is 4. The van der Waals surface area contributed by atoms with Gasteiger partial charge in [0.05, 0.1) is 16.8 Å². The maximum Gasteiger partial charge on any atom is 0.220 e. The number of carbonyl (C=O) groups excluding carboxylic acids is 1. The number of rotatable bonds is 3. The van der Waals surface area contributed by atoms with E-state index in [-0.39, 0.29) is 11.9 Å². The van der Waals surface area contributed by atoms with Gasteiger partial charge in [0.1, 0.15) is 6.23 Å². The third-order valence-corrected chi connectivity index (χ3v) is 6.02. The molecule has 2 N–H and O–H groups in total. The maximum atomic E-state index is 11.8. The van der Waals surface area contributed by atoms with Crippen LogP contribution in [0.1, 0.15) is 48.9 Å². The van der Waals surface area contributed by atoms with Crippen LogP contribution in [-0.2, 0) is 17.6 Å². The van der Waals surface area contributed by atoms with E-state index in [1.807, 2.05) is 37.3 Å². The molecular formula is C21H24ClN3O2. The summed E-state index contributed by atoms with van der Waals surface area (Å²) in [5.74, 6) is 0.0664. The molecule has 2 unspecified atom stereocenters. The number of aryl methyl sites for hydroxylation is 1. The van der Waals surface area contributed by atoms with Crippen LogP contribution in [0.25, 0.3) is 11.1 Å². The van der Waals surface area contributed by atoms with Gasteiger partial charge in [0.25, 0.3) is 0 Å². The minimum absolute atomic E-state index is 0.0364. The zero-order valence-corrected chi connectivity index (χ0v) is 16.4. The molecule has 0 saturated carbocycles. The van der Waals surface area contributed by atoms with Crippen molar-refractivity contribution in [2.75, 3.05) is 11.9 Å². The number of benzene rings is 1. The maximum absolute atomic E-state index is 11.8. The van der Waals surface area contributed by atoms with Gasteiger partial charge in [-0.05, 0) is 60.1 Å². The first-order valence-electron chi connectivity index (χ1n) is 9.49. The zero-order chi connectivity index (χ0) is 19.1. The summed E-state index contributed by atoms with van der Waals surface area (Å²) in [6, 6.07) is 4.16. The molecule has 1 aliphatic carbocycles. The van der Waals surface area contributed by atoms with Gasteiger partial charge in [-0.1, -0.05) is 18.5 Å². The Bertz CT molecular complexity index is 899. The lowest BCUT2D eigenvalue weighted by molar-refractivity contribution is -0.121. The number of pyridine rings is 1. The largest absolute Gasteiger partial charge is 0.374 e. The average molecular weight is 386 g/mol. The van der Waals surface area contributed by atoms with Crippen LogP contribution in [0.4, 0.5) is 5.69 Å². The van der Waals surface area contributed by atoms with E-state index in [0.717, 1.165) is 47.2 Å². The van der Waals surface area contributed by atoms with E-state index in [1.165, 1.54) is 5.56 Å². The van der Waals surface area contributed by atoms with Crippen molar-refractivity contribution in [1.29, 1.82) is 0 Å². The monoisotopic (exact) mass is 385 g/mol. The molecular weight excluding hydrogens is 362 g/mol. The third kappa shape index (κ3) is 3.19. The van der Waals surface area contributed by atoms with Crippen LogP contribution in [0.3, 0.4) is 0 Å².